The third kappa shape index (κ3) is 3.29. The van der Waals surface area contributed by atoms with Crippen LogP contribution < -0.4 is 5.32 Å². The molecule has 1 aromatic heterocycles. The summed E-state index contributed by atoms with van der Waals surface area (Å²) in [6, 6.07) is 7.01. The molecule has 0 saturated heterocycles. The van der Waals surface area contributed by atoms with Gasteiger partial charge in [-0.1, -0.05) is 56.7 Å². The van der Waals surface area contributed by atoms with Gasteiger partial charge in [0.2, 0.25) is 0 Å². The molecule has 0 aliphatic heterocycles. The number of nitrogens with one attached hydrogen (secondary N) is 1. The van der Waals surface area contributed by atoms with Crippen molar-refractivity contribution < 1.29 is 0 Å². The molecule has 1 aromatic carbocycles. The minimum absolute atomic E-state index is 0.0848. The van der Waals surface area contributed by atoms with Gasteiger partial charge in [-0.15, -0.1) is 5.10 Å². The first-order chi connectivity index (χ1) is 12.7. The maximum Gasteiger partial charge on any atom is 0.176 e. The maximum atomic E-state index is 4.58. The van der Waals surface area contributed by atoms with Gasteiger partial charge in [0.25, 0.3) is 0 Å². The van der Waals surface area contributed by atoms with E-state index in [9.17, 15) is 0 Å². The second kappa shape index (κ2) is 7.47. The van der Waals surface area contributed by atoms with E-state index in [4.69, 9.17) is 0 Å². The topological polar surface area (TPSA) is 55.6 Å². The van der Waals surface area contributed by atoms with Gasteiger partial charge in [0.15, 0.2) is 5.82 Å². The molecule has 2 aromatic rings. The van der Waals surface area contributed by atoms with Crippen molar-refractivity contribution in [3.05, 3.63) is 35.2 Å². The molecule has 1 heterocycles. The first-order valence-electron chi connectivity index (χ1n) is 10.3. The fourth-order valence-electron chi connectivity index (χ4n) is 5.00. The van der Waals surface area contributed by atoms with Crippen molar-refractivity contribution in [3.63, 3.8) is 0 Å². The van der Waals surface area contributed by atoms with Crippen LogP contribution in [0.1, 0.15) is 81.2 Å². The minimum atomic E-state index is -0.0848. The summed E-state index contributed by atoms with van der Waals surface area (Å²) in [4.78, 5) is 0. The van der Waals surface area contributed by atoms with Crippen LogP contribution in [0.2, 0.25) is 0 Å². The Labute approximate surface area is 156 Å². The lowest BCUT2D eigenvalue weighted by Gasteiger charge is -2.41. The third-order valence-electron chi connectivity index (χ3n) is 6.34. The van der Waals surface area contributed by atoms with Crippen LogP contribution in [0.4, 0.5) is 0 Å². The zero-order valence-corrected chi connectivity index (χ0v) is 16.2. The number of rotatable bonds is 4. The molecule has 0 unspecified atom stereocenters. The molecule has 4 rings (SSSR count). The van der Waals surface area contributed by atoms with E-state index in [1.165, 1.54) is 62.5 Å². The molecular weight excluding hydrogens is 322 g/mol. The molecule has 2 fully saturated rings. The molecule has 26 heavy (non-hydrogen) atoms. The lowest BCUT2D eigenvalue weighted by atomic mass is 9.79. The van der Waals surface area contributed by atoms with Crippen molar-refractivity contribution in [2.24, 2.45) is 0 Å². The molecule has 5 heteroatoms. The summed E-state index contributed by atoms with van der Waals surface area (Å²) in [5, 5.41) is 17.2. The number of aryl methyl sites for hydroxylation is 2. The molecule has 0 atom stereocenters. The number of benzene rings is 1. The number of hydrogen-bond donors (Lipinski definition) is 1. The fourth-order valence-corrected chi connectivity index (χ4v) is 5.00. The molecular formula is C21H31N5. The van der Waals surface area contributed by atoms with Crippen molar-refractivity contribution in [3.8, 4) is 5.69 Å². The normalized spacial score (nSPS) is 21.0. The van der Waals surface area contributed by atoms with E-state index < -0.39 is 0 Å². The number of aromatic nitrogens is 4. The van der Waals surface area contributed by atoms with Crippen molar-refractivity contribution in [1.82, 2.24) is 25.5 Å². The molecule has 1 N–H and O–H groups in total. The molecule has 2 aliphatic carbocycles. The number of tetrazole rings is 1. The highest BCUT2D eigenvalue weighted by molar-refractivity contribution is 5.47. The van der Waals surface area contributed by atoms with Gasteiger partial charge in [0, 0.05) is 6.04 Å². The lowest BCUT2D eigenvalue weighted by Crippen LogP contribution is -2.51. The van der Waals surface area contributed by atoms with Crippen LogP contribution in [0.25, 0.3) is 5.69 Å². The Bertz CT molecular complexity index is 718. The van der Waals surface area contributed by atoms with E-state index in [-0.39, 0.29) is 5.54 Å². The molecule has 5 nitrogen and oxygen atoms in total. The van der Waals surface area contributed by atoms with Crippen LogP contribution >= 0.6 is 0 Å². The highest BCUT2D eigenvalue weighted by Gasteiger charge is 2.41. The van der Waals surface area contributed by atoms with Crippen LogP contribution in [0.5, 0.6) is 0 Å². The maximum absolute atomic E-state index is 4.58. The van der Waals surface area contributed by atoms with Crippen LogP contribution in [0.15, 0.2) is 18.2 Å². The van der Waals surface area contributed by atoms with Gasteiger partial charge in [0.1, 0.15) is 0 Å². The summed E-state index contributed by atoms with van der Waals surface area (Å²) in [5.74, 6) is 1.01. The van der Waals surface area contributed by atoms with Crippen molar-refractivity contribution >= 4 is 0 Å². The van der Waals surface area contributed by atoms with E-state index in [1.54, 1.807) is 0 Å². The molecule has 2 saturated carbocycles. The Morgan fingerprint density at radius 1 is 0.962 bits per heavy atom. The predicted molar refractivity (Wildman–Crippen MR) is 103 cm³/mol. The Kier molecular flexibility index (Phi) is 5.07. The number of para-hydroxylation sites is 1. The van der Waals surface area contributed by atoms with Gasteiger partial charge in [-0.3, -0.25) is 0 Å². The SMILES string of the molecule is Cc1cccc(C)c1-n1nnnc1C1(NC2CCCCC2)CCCCC1. The average molecular weight is 354 g/mol. The first kappa shape index (κ1) is 17.7. The van der Waals surface area contributed by atoms with Gasteiger partial charge in [-0.25, -0.2) is 0 Å². The standard InChI is InChI=1S/C21H31N5/c1-16-10-9-11-17(2)19(16)26-20(23-24-25-26)21(14-7-4-8-15-21)22-18-12-5-3-6-13-18/h9-11,18,22H,3-8,12-15H2,1-2H3. The average Bonchev–Trinajstić information content (AvgIpc) is 3.13. The third-order valence-corrected chi connectivity index (χ3v) is 6.34. The summed E-state index contributed by atoms with van der Waals surface area (Å²) < 4.78 is 2.02. The van der Waals surface area contributed by atoms with Gasteiger partial charge >= 0.3 is 0 Å². The van der Waals surface area contributed by atoms with Gasteiger partial charge in [-0.2, -0.15) is 4.68 Å². The molecule has 0 radical (unpaired) electrons. The fraction of sp³-hybridized carbons (Fsp3) is 0.667. The zero-order chi connectivity index (χ0) is 18.0. The van der Waals surface area contributed by atoms with E-state index in [0.717, 1.165) is 24.4 Å². The highest BCUT2D eigenvalue weighted by atomic mass is 15.6. The minimum Gasteiger partial charge on any atom is -0.302 e. The monoisotopic (exact) mass is 353 g/mol. The summed E-state index contributed by atoms with van der Waals surface area (Å²) in [7, 11) is 0. The van der Waals surface area contributed by atoms with Crippen LogP contribution in [-0.4, -0.2) is 26.2 Å². The second-order valence-corrected chi connectivity index (χ2v) is 8.28. The molecule has 140 valence electrons. The Morgan fingerprint density at radius 2 is 1.62 bits per heavy atom. The Morgan fingerprint density at radius 3 is 2.31 bits per heavy atom. The quantitative estimate of drug-likeness (QED) is 0.887. The number of nitrogens with zero attached hydrogens (tertiary/aromatic N) is 4. The summed E-state index contributed by atoms with van der Waals surface area (Å²) in [6.07, 6.45) is 12.7. The van der Waals surface area contributed by atoms with Crippen LogP contribution in [0, 0.1) is 13.8 Å². The summed E-state index contributed by atoms with van der Waals surface area (Å²) in [5.41, 5.74) is 3.51. The van der Waals surface area contributed by atoms with Crippen molar-refractivity contribution in [2.45, 2.75) is 89.6 Å². The van der Waals surface area contributed by atoms with Crippen LogP contribution in [-0.2, 0) is 5.54 Å². The number of hydrogen-bond acceptors (Lipinski definition) is 4. The largest absolute Gasteiger partial charge is 0.302 e. The molecule has 0 amide bonds. The van der Waals surface area contributed by atoms with Crippen LogP contribution in [0.3, 0.4) is 0 Å². The first-order valence-corrected chi connectivity index (χ1v) is 10.3. The molecule has 0 bridgehead atoms. The van der Waals surface area contributed by atoms with Gasteiger partial charge in [0.05, 0.1) is 11.2 Å². The predicted octanol–water partition coefficient (Wildman–Crippen LogP) is 4.36. The van der Waals surface area contributed by atoms with Crippen molar-refractivity contribution in [2.75, 3.05) is 0 Å². The molecule has 0 spiro atoms. The van der Waals surface area contributed by atoms with E-state index in [1.807, 2.05) is 4.68 Å². The van der Waals surface area contributed by atoms with E-state index in [0.29, 0.717) is 6.04 Å². The van der Waals surface area contributed by atoms with Crippen molar-refractivity contribution in [1.29, 1.82) is 0 Å². The lowest BCUT2D eigenvalue weighted by molar-refractivity contribution is 0.174. The Balaban J connectivity index is 1.74. The zero-order valence-electron chi connectivity index (χ0n) is 16.2. The summed E-state index contributed by atoms with van der Waals surface area (Å²) in [6.45, 7) is 4.30. The Hall–Kier alpha value is -1.75. The summed E-state index contributed by atoms with van der Waals surface area (Å²) >= 11 is 0. The second-order valence-electron chi connectivity index (χ2n) is 8.28. The van der Waals surface area contributed by atoms with Gasteiger partial charge in [-0.05, 0) is 61.1 Å². The highest BCUT2D eigenvalue weighted by Crippen LogP contribution is 2.38. The molecule has 2 aliphatic rings. The van der Waals surface area contributed by atoms with Gasteiger partial charge < -0.3 is 5.32 Å². The smallest absolute Gasteiger partial charge is 0.176 e. The van der Waals surface area contributed by atoms with E-state index in [2.05, 4.69) is 52.9 Å². The van der Waals surface area contributed by atoms with E-state index >= 15 is 0 Å².